The van der Waals surface area contributed by atoms with Crippen LogP contribution in [0, 0.1) is 34.6 Å². The summed E-state index contributed by atoms with van der Waals surface area (Å²) in [5.74, 6) is -0.760. The SMILES string of the molecule is Cc1ccc(NC2=C(c3ccc(C)c(C)c3)C(=O)N(c3cccc(Cl)c3C)C2=O)c(C)c1. The number of hydrogen-bond donors (Lipinski definition) is 1. The first-order chi connectivity index (χ1) is 15.2. The van der Waals surface area contributed by atoms with E-state index in [4.69, 9.17) is 11.6 Å². The van der Waals surface area contributed by atoms with Crippen LogP contribution in [0.3, 0.4) is 0 Å². The lowest BCUT2D eigenvalue weighted by Gasteiger charge is -2.18. The van der Waals surface area contributed by atoms with Gasteiger partial charge in [0, 0.05) is 10.7 Å². The molecule has 2 amide bonds. The molecule has 0 saturated heterocycles. The third-order valence-corrected chi connectivity index (χ3v) is 6.41. The summed E-state index contributed by atoms with van der Waals surface area (Å²) in [7, 11) is 0. The average molecular weight is 445 g/mol. The number of imide groups is 1. The van der Waals surface area contributed by atoms with Gasteiger partial charge in [-0.15, -0.1) is 0 Å². The van der Waals surface area contributed by atoms with Crippen molar-refractivity contribution in [2.45, 2.75) is 34.6 Å². The molecule has 0 saturated carbocycles. The van der Waals surface area contributed by atoms with E-state index in [0.717, 1.165) is 27.9 Å². The van der Waals surface area contributed by atoms with Crippen LogP contribution in [0.25, 0.3) is 5.57 Å². The Bertz CT molecular complexity index is 1310. The number of carbonyl (C=O) groups is 2. The van der Waals surface area contributed by atoms with E-state index in [0.29, 0.717) is 27.4 Å². The van der Waals surface area contributed by atoms with Crippen molar-refractivity contribution in [2.24, 2.45) is 0 Å². The molecule has 3 aromatic carbocycles. The molecule has 4 rings (SSSR count). The number of halogens is 1. The van der Waals surface area contributed by atoms with Gasteiger partial charge in [0.25, 0.3) is 11.8 Å². The minimum atomic E-state index is -0.395. The summed E-state index contributed by atoms with van der Waals surface area (Å²) in [5, 5.41) is 3.77. The zero-order valence-corrected chi connectivity index (χ0v) is 19.6. The summed E-state index contributed by atoms with van der Waals surface area (Å²) in [4.78, 5) is 28.5. The first-order valence-electron chi connectivity index (χ1n) is 10.5. The van der Waals surface area contributed by atoms with E-state index in [2.05, 4.69) is 5.32 Å². The molecule has 0 aliphatic carbocycles. The van der Waals surface area contributed by atoms with Crippen molar-refractivity contribution >= 4 is 40.4 Å². The highest BCUT2D eigenvalue weighted by atomic mass is 35.5. The molecule has 0 aromatic heterocycles. The molecule has 0 unspecified atom stereocenters. The molecule has 0 radical (unpaired) electrons. The van der Waals surface area contributed by atoms with Crippen molar-refractivity contribution in [3.05, 3.63) is 98.7 Å². The molecule has 0 atom stereocenters. The molecule has 0 spiro atoms. The molecule has 1 N–H and O–H groups in total. The fourth-order valence-corrected chi connectivity index (χ4v) is 4.13. The molecule has 1 aliphatic heterocycles. The van der Waals surface area contributed by atoms with Gasteiger partial charge in [0.05, 0.1) is 11.3 Å². The van der Waals surface area contributed by atoms with E-state index in [1.807, 2.05) is 71.0 Å². The maximum atomic E-state index is 13.7. The van der Waals surface area contributed by atoms with Crippen molar-refractivity contribution in [3.63, 3.8) is 0 Å². The van der Waals surface area contributed by atoms with Crippen LogP contribution in [0.5, 0.6) is 0 Å². The molecular weight excluding hydrogens is 420 g/mol. The number of nitrogens with zero attached hydrogens (tertiary/aromatic N) is 1. The summed E-state index contributed by atoms with van der Waals surface area (Å²) in [5.41, 5.74) is 7.60. The number of carbonyl (C=O) groups excluding carboxylic acids is 2. The number of amides is 2. The van der Waals surface area contributed by atoms with Gasteiger partial charge in [-0.1, -0.05) is 53.6 Å². The van der Waals surface area contributed by atoms with E-state index in [9.17, 15) is 9.59 Å². The number of aryl methyl sites for hydroxylation is 4. The Balaban J connectivity index is 1.89. The van der Waals surface area contributed by atoms with Crippen LogP contribution in [0.2, 0.25) is 5.02 Å². The van der Waals surface area contributed by atoms with E-state index in [1.54, 1.807) is 18.2 Å². The third kappa shape index (κ3) is 3.71. The predicted molar refractivity (Wildman–Crippen MR) is 131 cm³/mol. The van der Waals surface area contributed by atoms with Gasteiger partial charge < -0.3 is 5.32 Å². The minimum absolute atomic E-state index is 0.268. The summed E-state index contributed by atoms with van der Waals surface area (Å²) in [6.45, 7) is 9.82. The van der Waals surface area contributed by atoms with Crippen molar-refractivity contribution in [1.29, 1.82) is 0 Å². The summed E-state index contributed by atoms with van der Waals surface area (Å²) in [6, 6.07) is 17.0. The zero-order valence-electron chi connectivity index (χ0n) is 18.8. The maximum Gasteiger partial charge on any atom is 0.282 e. The third-order valence-electron chi connectivity index (χ3n) is 6.00. The topological polar surface area (TPSA) is 49.4 Å². The summed E-state index contributed by atoms with van der Waals surface area (Å²) in [6.07, 6.45) is 0. The zero-order chi connectivity index (χ0) is 23.2. The fourth-order valence-electron chi connectivity index (χ4n) is 3.96. The number of benzene rings is 3. The highest BCUT2D eigenvalue weighted by Gasteiger charge is 2.41. The monoisotopic (exact) mass is 444 g/mol. The normalized spacial score (nSPS) is 13.9. The number of rotatable bonds is 4. The van der Waals surface area contributed by atoms with Gasteiger partial charge >= 0.3 is 0 Å². The molecule has 5 heteroatoms. The molecule has 0 bridgehead atoms. The molecule has 3 aromatic rings. The van der Waals surface area contributed by atoms with Crippen LogP contribution in [0.1, 0.15) is 33.4 Å². The van der Waals surface area contributed by atoms with Gasteiger partial charge in [-0.05, 0) is 80.6 Å². The lowest BCUT2D eigenvalue weighted by atomic mass is 9.99. The van der Waals surface area contributed by atoms with E-state index >= 15 is 0 Å². The van der Waals surface area contributed by atoms with Gasteiger partial charge in [-0.2, -0.15) is 0 Å². The van der Waals surface area contributed by atoms with E-state index in [1.165, 1.54) is 4.90 Å². The van der Waals surface area contributed by atoms with Crippen LogP contribution in [-0.2, 0) is 9.59 Å². The average Bonchev–Trinajstić information content (AvgIpc) is 2.98. The van der Waals surface area contributed by atoms with Gasteiger partial charge in [0.1, 0.15) is 5.70 Å². The quantitative estimate of drug-likeness (QED) is 0.482. The first kappa shape index (κ1) is 21.8. The minimum Gasteiger partial charge on any atom is -0.350 e. The van der Waals surface area contributed by atoms with Crippen LogP contribution < -0.4 is 10.2 Å². The standard InChI is InChI=1S/C27H25ClN2O2/c1-15-9-12-22(18(4)13-15)29-25-24(20-11-10-16(2)17(3)14-20)26(31)30(27(25)32)23-8-6-7-21(28)19(23)5/h6-14,29H,1-5H3. The highest BCUT2D eigenvalue weighted by Crippen LogP contribution is 2.37. The van der Waals surface area contributed by atoms with Crippen molar-refractivity contribution in [1.82, 2.24) is 0 Å². The van der Waals surface area contributed by atoms with Gasteiger partial charge in [0.2, 0.25) is 0 Å². The maximum absolute atomic E-state index is 13.7. The Morgan fingerprint density at radius 2 is 1.53 bits per heavy atom. The summed E-state index contributed by atoms with van der Waals surface area (Å²) < 4.78 is 0. The lowest BCUT2D eigenvalue weighted by Crippen LogP contribution is -2.33. The second kappa shape index (κ2) is 8.29. The molecule has 1 aliphatic rings. The molecule has 32 heavy (non-hydrogen) atoms. The van der Waals surface area contributed by atoms with Crippen LogP contribution in [0.4, 0.5) is 11.4 Å². The first-order valence-corrected chi connectivity index (χ1v) is 10.9. The second-order valence-electron chi connectivity index (χ2n) is 8.32. The highest BCUT2D eigenvalue weighted by molar-refractivity contribution is 6.46. The van der Waals surface area contributed by atoms with Crippen LogP contribution in [-0.4, -0.2) is 11.8 Å². The van der Waals surface area contributed by atoms with E-state index in [-0.39, 0.29) is 11.6 Å². The molecule has 0 fully saturated rings. The fraction of sp³-hybridized carbons (Fsp3) is 0.185. The van der Waals surface area contributed by atoms with E-state index < -0.39 is 5.91 Å². The number of nitrogens with one attached hydrogen (secondary N) is 1. The Morgan fingerprint density at radius 1 is 0.781 bits per heavy atom. The van der Waals surface area contributed by atoms with Crippen molar-refractivity contribution < 1.29 is 9.59 Å². The van der Waals surface area contributed by atoms with Gasteiger partial charge in [0.15, 0.2) is 0 Å². The van der Waals surface area contributed by atoms with Crippen molar-refractivity contribution in [2.75, 3.05) is 10.2 Å². The number of anilines is 2. The Morgan fingerprint density at radius 3 is 2.22 bits per heavy atom. The second-order valence-corrected chi connectivity index (χ2v) is 8.73. The van der Waals surface area contributed by atoms with Gasteiger partial charge in [-0.3, -0.25) is 9.59 Å². The number of hydrogen-bond acceptors (Lipinski definition) is 3. The molecule has 1 heterocycles. The molecular formula is C27H25ClN2O2. The van der Waals surface area contributed by atoms with Gasteiger partial charge in [-0.25, -0.2) is 4.90 Å². The largest absolute Gasteiger partial charge is 0.350 e. The Hall–Kier alpha value is -3.37. The molecule has 4 nitrogen and oxygen atoms in total. The van der Waals surface area contributed by atoms with Crippen LogP contribution >= 0.6 is 11.6 Å². The smallest absolute Gasteiger partial charge is 0.282 e. The molecule has 162 valence electrons. The summed E-state index contributed by atoms with van der Waals surface area (Å²) >= 11 is 6.30. The predicted octanol–water partition coefficient (Wildman–Crippen LogP) is 6.28. The Labute approximate surface area is 193 Å². The van der Waals surface area contributed by atoms with Crippen LogP contribution in [0.15, 0.2) is 60.3 Å². The Kier molecular flexibility index (Phi) is 5.66. The lowest BCUT2D eigenvalue weighted by molar-refractivity contribution is -0.120. The van der Waals surface area contributed by atoms with Crippen molar-refractivity contribution in [3.8, 4) is 0 Å².